The van der Waals surface area contributed by atoms with E-state index in [2.05, 4.69) is 0 Å². The SMILES string of the molecule is CC(C)(C)N1C(=O)C2c3ccsc3CCN2C1=O. The molecule has 1 atom stereocenters. The average Bonchev–Trinajstić information content (AvgIpc) is 2.80. The van der Waals surface area contributed by atoms with Crippen LogP contribution in [0.4, 0.5) is 4.79 Å². The van der Waals surface area contributed by atoms with Gasteiger partial charge in [0.15, 0.2) is 0 Å². The first-order chi connectivity index (χ1) is 8.41. The number of amides is 3. The molecule has 1 fully saturated rings. The molecule has 0 saturated carbocycles. The summed E-state index contributed by atoms with van der Waals surface area (Å²) in [6.45, 7) is 6.34. The molecule has 3 amide bonds. The van der Waals surface area contributed by atoms with E-state index in [-0.39, 0.29) is 18.0 Å². The molecule has 0 aliphatic carbocycles. The predicted octanol–water partition coefficient (Wildman–Crippen LogP) is 2.41. The number of hydrogen-bond acceptors (Lipinski definition) is 3. The summed E-state index contributed by atoms with van der Waals surface area (Å²) in [6.07, 6.45) is 0.862. The maximum Gasteiger partial charge on any atom is 0.328 e. The fourth-order valence-electron chi connectivity index (χ4n) is 2.75. The number of urea groups is 1. The van der Waals surface area contributed by atoms with Crippen LogP contribution in [0.25, 0.3) is 0 Å². The van der Waals surface area contributed by atoms with E-state index in [1.165, 1.54) is 9.78 Å². The first kappa shape index (κ1) is 11.7. The van der Waals surface area contributed by atoms with Crippen LogP contribution in [0.2, 0.25) is 0 Å². The van der Waals surface area contributed by atoms with Crippen molar-refractivity contribution in [3.63, 3.8) is 0 Å². The van der Waals surface area contributed by atoms with E-state index in [1.807, 2.05) is 32.2 Å². The number of thiophene rings is 1. The first-order valence-electron chi connectivity index (χ1n) is 6.12. The van der Waals surface area contributed by atoms with Gasteiger partial charge >= 0.3 is 6.03 Å². The topological polar surface area (TPSA) is 40.6 Å². The zero-order valence-corrected chi connectivity index (χ0v) is 11.6. The summed E-state index contributed by atoms with van der Waals surface area (Å²) < 4.78 is 0. The third-order valence-electron chi connectivity index (χ3n) is 3.53. The Labute approximate surface area is 110 Å². The second-order valence-electron chi connectivity index (χ2n) is 5.77. The van der Waals surface area contributed by atoms with Crippen LogP contribution >= 0.6 is 11.3 Å². The largest absolute Gasteiger partial charge is 0.328 e. The Morgan fingerprint density at radius 2 is 2.06 bits per heavy atom. The fourth-order valence-corrected chi connectivity index (χ4v) is 3.66. The van der Waals surface area contributed by atoms with Gasteiger partial charge in [-0.3, -0.25) is 9.69 Å². The van der Waals surface area contributed by atoms with E-state index in [0.29, 0.717) is 6.54 Å². The lowest BCUT2D eigenvalue weighted by atomic mass is 10.00. The van der Waals surface area contributed by atoms with Crippen LogP contribution in [-0.2, 0) is 11.2 Å². The molecule has 96 valence electrons. The second kappa shape index (κ2) is 3.57. The summed E-state index contributed by atoms with van der Waals surface area (Å²) in [4.78, 5) is 29.3. The van der Waals surface area contributed by atoms with Gasteiger partial charge in [0, 0.05) is 17.0 Å². The van der Waals surface area contributed by atoms with Gasteiger partial charge in [0.25, 0.3) is 5.91 Å². The molecule has 4 nitrogen and oxygen atoms in total. The Morgan fingerprint density at radius 3 is 2.72 bits per heavy atom. The van der Waals surface area contributed by atoms with Crippen molar-refractivity contribution in [2.24, 2.45) is 0 Å². The normalized spacial score (nSPS) is 23.4. The molecule has 1 saturated heterocycles. The lowest BCUT2D eigenvalue weighted by molar-refractivity contribution is -0.131. The van der Waals surface area contributed by atoms with Gasteiger partial charge in [-0.25, -0.2) is 4.79 Å². The Bertz CT molecular complexity index is 529. The molecule has 5 heteroatoms. The summed E-state index contributed by atoms with van der Waals surface area (Å²) >= 11 is 1.68. The quantitative estimate of drug-likeness (QED) is 0.675. The van der Waals surface area contributed by atoms with Crippen LogP contribution in [0, 0.1) is 0 Å². The van der Waals surface area contributed by atoms with Gasteiger partial charge in [0.2, 0.25) is 0 Å². The van der Waals surface area contributed by atoms with Gasteiger partial charge < -0.3 is 4.90 Å². The van der Waals surface area contributed by atoms with Gasteiger partial charge in [-0.1, -0.05) is 0 Å². The molecule has 3 rings (SSSR count). The second-order valence-corrected chi connectivity index (χ2v) is 6.77. The average molecular weight is 264 g/mol. The van der Waals surface area contributed by atoms with Gasteiger partial charge in [0.1, 0.15) is 6.04 Å². The van der Waals surface area contributed by atoms with E-state index in [1.54, 1.807) is 16.2 Å². The van der Waals surface area contributed by atoms with E-state index in [9.17, 15) is 9.59 Å². The number of carbonyl (C=O) groups excluding carboxylic acids is 2. The third kappa shape index (κ3) is 1.43. The molecule has 18 heavy (non-hydrogen) atoms. The van der Waals surface area contributed by atoms with Gasteiger partial charge in [-0.2, -0.15) is 0 Å². The summed E-state index contributed by atoms with van der Waals surface area (Å²) in [5.74, 6) is -0.0770. The Balaban J connectivity index is 2.07. The van der Waals surface area contributed by atoms with Crippen LogP contribution in [0.15, 0.2) is 11.4 Å². The third-order valence-corrected chi connectivity index (χ3v) is 4.52. The number of hydrogen-bond donors (Lipinski definition) is 0. The highest BCUT2D eigenvalue weighted by Gasteiger charge is 2.51. The van der Waals surface area contributed by atoms with Crippen LogP contribution in [-0.4, -0.2) is 33.8 Å². The highest BCUT2D eigenvalue weighted by atomic mass is 32.1. The van der Waals surface area contributed by atoms with Gasteiger partial charge in [-0.15, -0.1) is 11.3 Å². The standard InChI is InChI=1S/C13H16N2O2S/c1-13(2,3)15-11(16)10-8-5-7-18-9(8)4-6-14(10)12(15)17/h5,7,10H,4,6H2,1-3H3. The molecule has 0 aromatic carbocycles. The van der Waals surface area contributed by atoms with Crippen molar-refractivity contribution in [3.05, 3.63) is 21.9 Å². The maximum absolute atomic E-state index is 12.5. The van der Waals surface area contributed by atoms with E-state index >= 15 is 0 Å². The smallest absolute Gasteiger partial charge is 0.308 e. The molecule has 3 heterocycles. The summed E-state index contributed by atoms with van der Waals surface area (Å²) in [5, 5.41) is 2.01. The van der Waals surface area contributed by atoms with E-state index < -0.39 is 5.54 Å². The van der Waals surface area contributed by atoms with Crippen molar-refractivity contribution in [1.82, 2.24) is 9.80 Å². The molecule has 1 aromatic rings. The molecule has 2 aliphatic heterocycles. The monoisotopic (exact) mass is 264 g/mol. The molecule has 1 aromatic heterocycles. The van der Waals surface area contributed by atoms with Crippen molar-refractivity contribution >= 4 is 23.3 Å². The zero-order chi connectivity index (χ0) is 13.1. The summed E-state index contributed by atoms with van der Waals surface area (Å²) in [7, 11) is 0. The molecule has 1 unspecified atom stereocenters. The fraction of sp³-hybridized carbons (Fsp3) is 0.538. The number of fused-ring (bicyclic) bond motifs is 3. The van der Waals surface area contributed by atoms with Crippen LogP contribution in [0.1, 0.15) is 37.3 Å². The lowest BCUT2D eigenvalue weighted by Gasteiger charge is -2.29. The number of rotatable bonds is 0. The molecular weight excluding hydrogens is 248 g/mol. The number of carbonyl (C=O) groups is 2. The highest BCUT2D eigenvalue weighted by molar-refractivity contribution is 7.10. The number of imide groups is 1. The Kier molecular flexibility index (Phi) is 2.32. The number of nitrogens with zero attached hydrogens (tertiary/aromatic N) is 2. The van der Waals surface area contributed by atoms with Crippen LogP contribution in [0.5, 0.6) is 0 Å². The van der Waals surface area contributed by atoms with Crippen molar-refractivity contribution in [1.29, 1.82) is 0 Å². The maximum atomic E-state index is 12.5. The molecule has 0 radical (unpaired) electrons. The predicted molar refractivity (Wildman–Crippen MR) is 69.5 cm³/mol. The zero-order valence-electron chi connectivity index (χ0n) is 10.8. The van der Waals surface area contributed by atoms with E-state index in [0.717, 1.165) is 12.0 Å². The highest BCUT2D eigenvalue weighted by Crippen LogP contribution is 2.40. The minimum Gasteiger partial charge on any atom is -0.308 e. The van der Waals surface area contributed by atoms with Gasteiger partial charge in [0.05, 0.1) is 0 Å². The molecule has 2 aliphatic rings. The van der Waals surface area contributed by atoms with Crippen molar-refractivity contribution < 1.29 is 9.59 Å². The minimum atomic E-state index is -0.457. The summed E-state index contributed by atoms with van der Waals surface area (Å²) in [5.41, 5.74) is 0.568. The Morgan fingerprint density at radius 1 is 1.33 bits per heavy atom. The van der Waals surface area contributed by atoms with Crippen LogP contribution in [0.3, 0.4) is 0 Å². The van der Waals surface area contributed by atoms with E-state index in [4.69, 9.17) is 0 Å². The van der Waals surface area contributed by atoms with Crippen molar-refractivity contribution in [2.75, 3.05) is 6.54 Å². The lowest BCUT2D eigenvalue weighted by Crippen LogP contribution is -2.46. The molecule has 0 bridgehead atoms. The summed E-state index contributed by atoms with van der Waals surface area (Å²) in [6, 6.07) is 1.45. The molecular formula is C13H16N2O2S. The molecule has 0 N–H and O–H groups in total. The van der Waals surface area contributed by atoms with Crippen LogP contribution < -0.4 is 0 Å². The van der Waals surface area contributed by atoms with Crippen molar-refractivity contribution in [3.8, 4) is 0 Å². The molecule has 0 spiro atoms. The Hall–Kier alpha value is -1.36. The van der Waals surface area contributed by atoms with Gasteiger partial charge in [-0.05, 0) is 44.2 Å². The first-order valence-corrected chi connectivity index (χ1v) is 7.00. The minimum absolute atomic E-state index is 0.0770. The van der Waals surface area contributed by atoms with Crippen molar-refractivity contribution in [2.45, 2.75) is 38.8 Å².